The molecule has 3 rings (SSSR count). The van der Waals surface area contributed by atoms with E-state index in [2.05, 4.69) is 29.0 Å². The molecule has 7 heteroatoms. The fourth-order valence-electron chi connectivity index (χ4n) is 2.88. The van der Waals surface area contributed by atoms with Crippen LogP contribution in [-0.4, -0.2) is 41.1 Å². The Hall–Kier alpha value is -1.47. The normalized spacial score (nSPS) is 21.6. The largest absolute Gasteiger partial charge is 0.373 e. The molecular weight excluding hydrogens is 346 g/mol. The van der Waals surface area contributed by atoms with Crippen LogP contribution in [0.15, 0.2) is 29.6 Å². The first kappa shape index (κ1) is 17.4. The molecule has 1 aliphatic rings. The maximum atomic E-state index is 12.2. The molecule has 0 bridgehead atoms. The van der Waals surface area contributed by atoms with Gasteiger partial charge in [0.15, 0.2) is 5.13 Å². The van der Waals surface area contributed by atoms with Crippen LogP contribution in [0, 0.1) is 0 Å². The second-order valence-electron chi connectivity index (χ2n) is 6.06. The number of anilines is 1. The Kier molecular flexibility index (Phi) is 5.50. The van der Waals surface area contributed by atoms with Gasteiger partial charge in [-0.15, -0.1) is 11.3 Å². The first-order chi connectivity index (χ1) is 11.5. The molecule has 2 unspecified atom stereocenters. The number of nitrogens with one attached hydrogen (secondary N) is 1. The average molecular weight is 366 g/mol. The van der Waals surface area contributed by atoms with Crippen molar-refractivity contribution in [1.29, 1.82) is 0 Å². The zero-order valence-corrected chi connectivity index (χ0v) is 15.2. The van der Waals surface area contributed by atoms with Gasteiger partial charge in [-0.25, -0.2) is 4.98 Å². The van der Waals surface area contributed by atoms with Crippen molar-refractivity contribution in [1.82, 2.24) is 9.88 Å². The predicted octanol–water partition coefficient (Wildman–Crippen LogP) is 3.66. The fourth-order valence-corrected chi connectivity index (χ4v) is 3.77. The lowest BCUT2D eigenvalue weighted by atomic mass is 10.2. The Balaban J connectivity index is 1.60. The van der Waals surface area contributed by atoms with E-state index >= 15 is 0 Å². The molecule has 128 valence electrons. The van der Waals surface area contributed by atoms with Gasteiger partial charge in [-0.3, -0.25) is 15.0 Å². The maximum Gasteiger partial charge on any atom is 0.257 e. The molecule has 1 aromatic heterocycles. The van der Waals surface area contributed by atoms with Crippen molar-refractivity contribution < 1.29 is 9.53 Å². The summed E-state index contributed by atoms with van der Waals surface area (Å²) >= 11 is 7.35. The van der Waals surface area contributed by atoms with E-state index < -0.39 is 0 Å². The number of thiazole rings is 1. The minimum Gasteiger partial charge on any atom is -0.373 e. The van der Waals surface area contributed by atoms with Crippen LogP contribution in [0.25, 0.3) is 0 Å². The summed E-state index contributed by atoms with van der Waals surface area (Å²) in [5.41, 5.74) is 1.48. The number of carbonyl (C=O) groups excluding carboxylic acids is 1. The summed E-state index contributed by atoms with van der Waals surface area (Å²) in [4.78, 5) is 19.1. The van der Waals surface area contributed by atoms with Crippen molar-refractivity contribution in [3.05, 3.63) is 45.9 Å². The zero-order valence-electron chi connectivity index (χ0n) is 13.7. The van der Waals surface area contributed by atoms with Gasteiger partial charge in [-0.2, -0.15) is 0 Å². The molecule has 0 saturated carbocycles. The highest BCUT2D eigenvalue weighted by atomic mass is 35.5. The molecule has 2 atom stereocenters. The van der Waals surface area contributed by atoms with Crippen molar-refractivity contribution in [2.24, 2.45) is 0 Å². The molecule has 0 spiro atoms. The van der Waals surface area contributed by atoms with Crippen molar-refractivity contribution in [3.8, 4) is 0 Å². The number of hydrogen-bond acceptors (Lipinski definition) is 5. The van der Waals surface area contributed by atoms with Gasteiger partial charge in [-0.1, -0.05) is 17.7 Å². The minimum absolute atomic E-state index is 0.202. The number of amides is 1. The number of rotatable bonds is 4. The molecule has 2 heterocycles. The third kappa shape index (κ3) is 4.54. The number of hydrogen-bond donors (Lipinski definition) is 1. The van der Waals surface area contributed by atoms with Crippen molar-refractivity contribution in [2.45, 2.75) is 32.6 Å². The van der Waals surface area contributed by atoms with Crippen LogP contribution in [0.5, 0.6) is 0 Å². The summed E-state index contributed by atoms with van der Waals surface area (Å²) < 4.78 is 5.74. The van der Waals surface area contributed by atoms with Crippen LogP contribution in [0.3, 0.4) is 0 Å². The highest BCUT2D eigenvalue weighted by Crippen LogP contribution is 2.20. The van der Waals surface area contributed by atoms with Crippen LogP contribution < -0.4 is 5.32 Å². The fraction of sp³-hybridized carbons (Fsp3) is 0.412. The Morgan fingerprint density at radius 2 is 2.17 bits per heavy atom. The molecule has 1 aromatic carbocycles. The quantitative estimate of drug-likeness (QED) is 0.898. The SMILES string of the molecule is CC1CN(Cc2csc(NC(=O)c3cccc(Cl)c3)n2)CC(C)O1. The summed E-state index contributed by atoms with van der Waals surface area (Å²) in [5.74, 6) is -0.202. The van der Waals surface area contributed by atoms with Gasteiger partial charge in [0.1, 0.15) is 0 Å². The third-order valence-corrected chi connectivity index (χ3v) is 4.78. The lowest BCUT2D eigenvalue weighted by molar-refractivity contribution is -0.0707. The molecule has 0 aliphatic carbocycles. The topological polar surface area (TPSA) is 54.5 Å². The van der Waals surface area contributed by atoms with Gasteiger partial charge < -0.3 is 4.74 Å². The molecule has 1 fully saturated rings. The van der Waals surface area contributed by atoms with Crippen molar-refractivity contribution in [3.63, 3.8) is 0 Å². The van der Waals surface area contributed by atoms with Gasteiger partial charge in [-0.05, 0) is 32.0 Å². The molecule has 0 radical (unpaired) electrons. The van der Waals surface area contributed by atoms with Crippen LogP contribution in [-0.2, 0) is 11.3 Å². The number of aromatic nitrogens is 1. The number of ether oxygens (including phenoxy) is 1. The van der Waals surface area contributed by atoms with E-state index in [0.717, 1.165) is 25.3 Å². The monoisotopic (exact) mass is 365 g/mol. The van der Waals surface area contributed by atoms with E-state index in [1.807, 2.05) is 5.38 Å². The predicted molar refractivity (Wildman–Crippen MR) is 96.8 cm³/mol. The van der Waals surface area contributed by atoms with E-state index in [0.29, 0.717) is 15.7 Å². The van der Waals surface area contributed by atoms with Crippen molar-refractivity contribution >= 4 is 34.0 Å². The number of benzene rings is 1. The number of morpholine rings is 1. The Morgan fingerprint density at radius 1 is 1.42 bits per heavy atom. The summed E-state index contributed by atoms with van der Waals surface area (Å²) in [6, 6.07) is 6.86. The molecular formula is C17H20ClN3O2S. The lowest BCUT2D eigenvalue weighted by Crippen LogP contribution is -2.44. The zero-order chi connectivity index (χ0) is 17.1. The standard InChI is InChI=1S/C17H20ClN3O2S/c1-11-7-21(8-12(2)23-11)9-15-10-24-17(19-15)20-16(22)13-4-3-5-14(18)6-13/h3-6,10-12H,7-9H2,1-2H3,(H,19,20,22). The highest BCUT2D eigenvalue weighted by molar-refractivity contribution is 7.13. The first-order valence-corrected chi connectivity index (χ1v) is 9.14. The third-order valence-electron chi connectivity index (χ3n) is 3.74. The van der Waals surface area contributed by atoms with Crippen molar-refractivity contribution in [2.75, 3.05) is 18.4 Å². The van der Waals surface area contributed by atoms with Crippen LogP contribution in [0.1, 0.15) is 29.9 Å². The number of carbonyl (C=O) groups is 1. The highest BCUT2D eigenvalue weighted by Gasteiger charge is 2.22. The average Bonchev–Trinajstić information content (AvgIpc) is 2.93. The lowest BCUT2D eigenvalue weighted by Gasteiger charge is -2.34. The first-order valence-electron chi connectivity index (χ1n) is 7.89. The smallest absolute Gasteiger partial charge is 0.257 e. The van der Waals surface area contributed by atoms with E-state index in [-0.39, 0.29) is 18.1 Å². The minimum atomic E-state index is -0.202. The molecule has 1 saturated heterocycles. The van der Waals surface area contributed by atoms with E-state index in [1.54, 1.807) is 24.3 Å². The maximum absolute atomic E-state index is 12.2. The molecule has 24 heavy (non-hydrogen) atoms. The summed E-state index contributed by atoms with van der Waals surface area (Å²) in [6.45, 7) is 6.72. The van der Waals surface area contributed by atoms with Gasteiger partial charge in [0.25, 0.3) is 5.91 Å². The van der Waals surface area contributed by atoms with Crippen LogP contribution in [0.2, 0.25) is 5.02 Å². The number of halogens is 1. The van der Waals surface area contributed by atoms with Gasteiger partial charge in [0.2, 0.25) is 0 Å². The second kappa shape index (κ2) is 7.61. The summed E-state index contributed by atoms with van der Waals surface area (Å²) in [7, 11) is 0. The summed E-state index contributed by atoms with van der Waals surface area (Å²) in [6.07, 6.45) is 0.462. The molecule has 1 amide bonds. The molecule has 1 N–H and O–H groups in total. The Morgan fingerprint density at radius 3 is 2.88 bits per heavy atom. The Labute approximate surface area is 150 Å². The van der Waals surface area contributed by atoms with Crippen LogP contribution >= 0.6 is 22.9 Å². The van der Waals surface area contributed by atoms with Gasteiger partial charge in [0.05, 0.1) is 17.9 Å². The van der Waals surface area contributed by atoms with E-state index in [4.69, 9.17) is 16.3 Å². The summed E-state index contributed by atoms with van der Waals surface area (Å²) in [5, 5.41) is 5.95. The second-order valence-corrected chi connectivity index (χ2v) is 7.35. The van der Waals surface area contributed by atoms with Gasteiger partial charge in [0, 0.05) is 35.6 Å². The van der Waals surface area contributed by atoms with Crippen LogP contribution in [0.4, 0.5) is 5.13 Å². The molecule has 2 aromatic rings. The Bertz CT molecular complexity index is 711. The van der Waals surface area contributed by atoms with E-state index in [1.165, 1.54) is 11.3 Å². The van der Waals surface area contributed by atoms with E-state index in [9.17, 15) is 4.79 Å². The number of nitrogens with zero attached hydrogens (tertiary/aromatic N) is 2. The molecule has 1 aliphatic heterocycles. The van der Waals surface area contributed by atoms with Gasteiger partial charge >= 0.3 is 0 Å². The molecule has 5 nitrogen and oxygen atoms in total.